The van der Waals surface area contributed by atoms with Crippen molar-refractivity contribution in [2.45, 2.75) is 38.8 Å². The fourth-order valence-corrected chi connectivity index (χ4v) is 4.79. The summed E-state index contributed by atoms with van der Waals surface area (Å²) in [6.07, 6.45) is 3.21. The number of aliphatic hydroxyl groups is 1. The second-order valence-corrected chi connectivity index (χ2v) is 9.05. The van der Waals surface area contributed by atoms with Gasteiger partial charge in [0.15, 0.2) is 0 Å². The molecule has 0 bridgehead atoms. The van der Waals surface area contributed by atoms with E-state index < -0.39 is 10.0 Å². The molecule has 1 aromatic heterocycles. The highest BCUT2D eigenvalue weighted by Gasteiger charge is 2.23. The minimum Gasteiger partial charge on any atom is -0.393 e. The van der Waals surface area contributed by atoms with E-state index in [0.29, 0.717) is 30.5 Å². The smallest absolute Gasteiger partial charge is 0.235 e. The summed E-state index contributed by atoms with van der Waals surface area (Å²) >= 11 is 0. The molecule has 1 saturated heterocycles. The number of hydrogen-bond acceptors (Lipinski definition) is 5. The molecule has 2 aromatic rings. The summed E-state index contributed by atoms with van der Waals surface area (Å²) in [5, 5.41) is 9.64. The molecule has 1 aliphatic rings. The van der Waals surface area contributed by atoms with Gasteiger partial charge in [-0.05, 0) is 49.1 Å². The van der Waals surface area contributed by atoms with Crippen LogP contribution >= 0.6 is 0 Å². The topological polar surface area (TPSA) is 73.7 Å². The predicted molar refractivity (Wildman–Crippen MR) is 108 cm³/mol. The number of halogens is 1. The minimum atomic E-state index is -3.53. The van der Waals surface area contributed by atoms with Crippen LogP contribution in [-0.4, -0.2) is 43.5 Å². The first-order valence-corrected chi connectivity index (χ1v) is 11.1. The quantitative estimate of drug-likeness (QED) is 0.764. The molecule has 1 N–H and O–H groups in total. The van der Waals surface area contributed by atoms with Gasteiger partial charge >= 0.3 is 0 Å². The lowest BCUT2D eigenvalue weighted by Gasteiger charge is -2.31. The lowest BCUT2D eigenvalue weighted by molar-refractivity contribution is 0.145. The standard InChI is InChI=1S/C20H26FN3O3S/c1-2-13-28(26,27)24(15-16-3-5-17(21)6-4-16)18-7-8-20(22-14-18)23-11-9-19(25)10-12-23/h3-8,14,19,25H,2,9-13,15H2,1H3. The molecule has 1 aromatic carbocycles. The third-order valence-electron chi connectivity index (χ3n) is 4.85. The van der Waals surface area contributed by atoms with E-state index in [1.165, 1.54) is 16.4 Å². The summed E-state index contributed by atoms with van der Waals surface area (Å²) in [6.45, 7) is 3.39. The Labute approximate surface area is 165 Å². The van der Waals surface area contributed by atoms with Gasteiger partial charge in [-0.2, -0.15) is 0 Å². The summed E-state index contributed by atoms with van der Waals surface area (Å²) in [7, 11) is -3.53. The van der Waals surface area contributed by atoms with Gasteiger partial charge in [0.05, 0.1) is 30.3 Å². The van der Waals surface area contributed by atoms with E-state index >= 15 is 0 Å². The van der Waals surface area contributed by atoms with Crippen molar-refractivity contribution >= 4 is 21.5 Å². The van der Waals surface area contributed by atoms with Gasteiger partial charge in [0.2, 0.25) is 10.0 Å². The largest absolute Gasteiger partial charge is 0.393 e. The van der Waals surface area contributed by atoms with Crippen molar-refractivity contribution in [3.63, 3.8) is 0 Å². The Morgan fingerprint density at radius 2 is 1.86 bits per heavy atom. The Hall–Kier alpha value is -2.19. The van der Waals surface area contributed by atoms with Crippen LogP contribution in [0.2, 0.25) is 0 Å². The van der Waals surface area contributed by atoms with Gasteiger partial charge in [-0.25, -0.2) is 17.8 Å². The molecule has 1 fully saturated rings. The summed E-state index contributed by atoms with van der Waals surface area (Å²) < 4.78 is 40.1. The molecule has 28 heavy (non-hydrogen) atoms. The molecule has 152 valence electrons. The highest BCUT2D eigenvalue weighted by molar-refractivity contribution is 7.92. The summed E-state index contributed by atoms with van der Waals surface area (Å²) in [5.41, 5.74) is 1.19. The van der Waals surface area contributed by atoms with Gasteiger partial charge in [-0.1, -0.05) is 19.1 Å². The third kappa shape index (κ3) is 4.99. The Bertz CT molecular complexity index is 865. The number of anilines is 2. The molecule has 0 saturated carbocycles. The van der Waals surface area contributed by atoms with Crippen molar-refractivity contribution in [1.82, 2.24) is 4.98 Å². The van der Waals surface area contributed by atoms with Gasteiger partial charge in [0.25, 0.3) is 0 Å². The number of benzene rings is 1. The van der Waals surface area contributed by atoms with E-state index in [4.69, 9.17) is 0 Å². The van der Waals surface area contributed by atoms with Crippen molar-refractivity contribution < 1.29 is 17.9 Å². The van der Waals surface area contributed by atoms with Crippen molar-refractivity contribution in [3.05, 3.63) is 54.0 Å². The van der Waals surface area contributed by atoms with Gasteiger partial charge in [-0.3, -0.25) is 4.31 Å². The fourth-order valence-electron chi connectivity index (χ4n) is 3.28. The van der Waals surface area contributed by atoms with Crippen molar-refractivity contribution in [1.29, 1.82) is 0 Å². The van der Waals surface area contributed by atoms with E-state index in [1.54, 1.807) is 24.4 Å². The maximum Gasteiger partial charge on any atom is 0.235 e. The second-order valence-electron chi connectivity index (χ2n) is 7.04. The molecule has 8 heteroatoms. The average molecular weight is 408 g/mol. The molecule has 0 amide bonds. The molecule has 0 spiro atoms. The lowest BCUT2D eigenvalue weighted by atomic mass is 10.1. The Balaban J connectivity index is 1.84. The van der Waals surface area contributed by atoms with Crippen LogP contribution in [0.15, 0.2) is 42.6 Å². The van der Waals surface area contributed by atoms with Crippen LogP contribution in [0.25, 0.3) is 0 Å². The molecule has 6 nitrogen and oxygen atoms in total. The average Bonchev–Trinajstić information content (AvgIpc) is 2.68. The van der Waals surface area contributed by atoms with Gasteiger partial charge < -0.3 is 10.0 Å². The van der Waals surface area contributed by atoms with Crippen LogP contribution in [0, 0.1) is 5.82 Å². The number of nitrogens with zero attached hydrogens (tertiary/aromatic N) is 3. The number of hydrogen-bond donors (Lipinski definition) is 1. The van der Waals surface area contributed by atoms with Crippen LogP contribution in [0.4, 0.5) is 15.9 Å². The summed E-state index contributed by atoms with van der Waals surface area (Å²) in [4.78, 5) is 6.54. The molecular weight excluding hydrogens is 381 g/mol. The first-order chi connectivity index (χ1) is 13.4. The number of rotatable bonds is 7. The molecule has 2 heterocycles. The van der Waals surface area contributed by atoms with Gasteiger partial charge in [-0.15, -0.1) is 0 Å². The van der Waals surface area contributed by atoms with E-state index in [9.17, 15) is 17.9 Å². The monoisotopic (exact) mass is 407 g/mol. The zero-order valence-corrected chi connectivity index (χ0v) is 16.8. The molecule has 3 rings (SSSR count). The zero-order chi connectivity index (χ0) is 20.1. The van der Waals surface area contributed by atoms with Crippen LogP contribution in [0.5, 0.6) is 0 Å². The van der Waals surface area contributed by atoms with Gasteiger partial charge in [0, 0.05) is 13.1 Å². The Morgan fingerprint density at radius 3 is 2.43 bits per heavy atom. The van der Waals surface area contributed by atoms with Crippen molar-refractivity contribution in [2.75, 3.05) is 28.0 Å². The highest BCUT2D eigenvalue weighted by atomic mass is 32.2. The van der Waals surface area contributed by atoms with Crippen LogP contribution in [-0.2, 0) is 16.6 Å². The third-order valence-corrected chi connectivity index (χ3v) is 6.78. The molecule has 0 radical (unpaired) electrons. The lowest BCUT2D eigenvalue weighted by Crippen LogP contribution is -2.36. The van der Waals surface area contributed by atoms with Crippen molar-refractivity contribution in [2.24, 2.45) is 0 Å². The maximum atomic E-state index is 13.2. The zero-order valence-electron chi connectivity index (χ0n) is 16.0. The Morgan fingerprint density at radius 1 is 1.18 bits per heavy atom. The molecule has 0 atom stereocenters. The molecule has 0 unspecified atom stereocenters. The number of aromatic nitrogens is 1. The summed E-state index contributed by atoms with van der Waals surface area (Å²) in [5.74, 6) is 0.439. The maximum absolute atomic E-state index is 13.2. The molecule has 0 aliphatic carbocycles. The first kappa shape index (κ1) is 20.5. The van der Waals surface area contributed by atoms with E-state index in [2.05, 4.69) is 9.88 Å². The number of pyridine rings is 1. The second kappa shape index (κ2) is 8.87. The fraction of sp³-hybridized carbons (Fsp3) is 0.450. The number of piperidine rings is 1. The highest BCUT2D eigenvalue weighted by Crippen LogP contribution is 2.25. The van der Waals surface area contributed by atoms with E-state index in [1.807, 2.05) is 13.0 Å². The van der Waals surface area contributed by atoms with E-state index in [-0.39, 0.29) is 24.2 Å². The predicted octanol–water partition coefficient (Wildman–Crippen LogP) is 2.93. The van der Waals surface area contributed by atoms with Crippen molar-refractivity contribution in [3.8, 4) is 0 Å². The Kier molecular flexibility index (Phi) is 6.51. The van der Waals surface area contributed by atoms with Crippen LogP contribution in [0.1, 0.15) is 31.7 Å². The van der Waals surface area contributed by atoms with E-state index in [0.717, 1.165) is 18.9 Å². The minimum absolute atomic E-state index is 0.0277. The van der Waals surface area contributed by atoms with Gasteiger partial charge in [0.1, 0.15) is 11.6 Å². The molecular formula is C20H26FN3O3S. The number of aliphatic hydroxyl groups excluding tert-OH is 1. The summed E-state index contributed by atoms with van der Waals surface area (Å²) in [6, 6.07) is 9.39. The normalized spacial score (nSPS) is 15.6. The van der Waals surface area contributed by atoms with Crippen LogP contribution in [0.3, 0.4) is 0 Å². The first-order valence-electron chi connectivity index (χ1n) is 9.53. The molecule has 1 aliphatic heterocycles. The SMILES string of the molecule is CCCS(=O)(=O)N(Cc1ccc(F)cc1)c1ccc(N2CCC(O)CC2)nc1. The van der Waals surface area contributed by atoms with Crippen LogP contribution < -0.4 is 9.21 Å². The number of sulfonamides is 1.